The van der Waals surface area contributed by atoms with Crippen molar-refractivity contribution in [3.8, 4) is 0 Å². The molecule has 19 heavy (non-hydrogen) atoms. The number of rotatable bonds is 4. The number of nitrogens with one attached hydrogen (secondary N) is 1. The fourth-order valence-electron chi connectivity index (χ4n) is 2.09. The predicted molar refractivity (Wildman–Crippen MR) is 75.6 cm³/mol. The molecule has 0 atom stereocenters. The third kappa shape index (κ3) is 3.41. The maximum atomic E-state index is 11.4. The maximum Gasteiger partial charge on any atom is 0.251 e. The highest BCUT2D eigenvalue weighted by Crippen LogP contribution is 2.20. The van der Waals surface area contributed by atoms with Gasteiger partial charge in [-0.1, -0.05) is 18.5 Å². The predicted octanol–water partition coefficient (Wildman–Crippen LogP) is 2.47. The summed E-state index contributed by atoms with van der Waals surface area (Å²) in [5, 5.41) is 0.675. The normalized spacial score (nSPS) is 10.7. The zero-order chi connectivity index (χ0) is 13.8. The monoisotopic (exact) mass is 277 g/mol. The first kappa shape index (κ1) is 13.7. The molecule has 0 aliphatic rings. The largest absolute Gasteiger partial charge is 0.311 e. The standard InChI is InChI=1S/C14H16ClN3O/c1-3-10-7-16-8-12(15)11(10)4-5-13-17-9(2)6-14(19)18-13/h6-8H,3-5H2,1-2H3,(H,17,18,19). The van der Waals surface area contributed by atoms with Gasteiger partial charge in [0.1, 0.15) is 5.82 Å². The van der Waals surface area contributed by atoms with E-state index in [-0.39, 0.29) is 5.56 Å². The lowest BCUT2D eigenvalue weighted by molar-refractivity contribution is 0.825. The molecule has 2 heterocycles. The van der Waals surface area contributed by atoms with Gasteiger partial charge < -0.3 is 4.98 Å². The summed E-state index contributed by atoms with van der Waals surface area (Å²) in [4.78, 5) is 22.5. The van der Waals surface area contributed by atoms with Crippen molar-refractivity contribution < 1.29 is 0 Å². The zero-order valence-corrected chi connectivity index (χ0v) is 11.8. The van der Waals surface area contributed by atoms with E-state index in [9.17, 15) is 4.79 Å². The Morgan fingerprint density at radius 3 is 2.79 bits per heavy atom. The number of hydrogen-bond acceptors (Lipinski definition) is 3. The van der Waals surface area contributed by atoms with E-state index in [2.05, 4.69) is 21.9 Å². The van der Waals surface area contributed by atoms with Crippen molar-refractivity contribution in [2.24, 2.45) is 0 Å². The van der Waals surface area contributed by atoms with E-state index < -0.39 is 0 Å². The van der Waals surface area contributed by atoms with Crippen LogP contribution < -0.4 is 5.56 Å². The second-order valence-electron chi connectivity index (χ2n) is 4.45. The molecule has 0 radical (unpaired) electrons. The van der Waals surface area contributed by atoms with Crippen molar-refractivity contribution in [1.82, 2.24) is 15.0 Å². The summed E-state index contributed by atoms with van der Waals surface area (Å²) in [6, 6.07) is 1.49. The summed E-state index contributed by atoms with van der Waals surface area (Å²) in [5.74, 6) is 0.694. The minimum absolute atomic E-state index is 0.112. The Hall–Kier alpha value is -1.68. The van der Waals surface area contributed by atoms with E-state index >= 15 is 0 Å². The minimum Gasteiger partial charge on any atom is -0.311 e. The molecule has 0 amide bonds. The summed E-state index contributed by atoms with van der Waals surface area (Å²) in [7, 11) is 0. The highest BCUT2D eigenvalue weighted by molar-refractivity contribution is 6.31. The van der Waals surface area contributed by atoms with Gasteiger partial charge in [0.15, 0.2) is 0 Å². The van der Waals surface area contributed by atoms with Crippen LogP contribution >= 0.6 is 11.6 Å². The first-order valence-electron chi connectivity index (χ1n) is 6.28. The van der Waals surface area contributed by atoms with Crippen LogP contribution in [0.3, 0.4) is 0 Å². The Kier molecular flexibility index (Phi) is 4.32. The second-order valence-corrected chi connectivity index (χ2v) is 4.85. The lowest BCUT2D eigenvalue weighted by Crippen LogP contribution is -2.12. The van der Waals surface area contributed by atoms with Crippen molar-refractivity contribution in [2.45, 2.75) is 33.1 Å². The lowest BCUT2D eigenvalue weighted by Gasteiger charge is -2.09. The van der Waals surface area contributed by atoms with Gasteiger partial charge in [-0.05, 0) is 30.9 Å². The molecule has 5 heteroatoms. The van der Waals surface area contributed by atoms with E-state index in [1.165, 1.54) is 6.07 Å². The zero-order valence-electron chi connectivity index (χ0n) is 11.0. The first-order chi connectivity index (χ1) is 9.10. The number of aromatic nitrogens is 3. The number of nitrogens with zero attached hydrogens (tertiary/aromatic N) is 2. The van der Waals surface area contributed by atoms with Gasteiger partial charge in [0.2, 0.25) is 0 Å². The van der Waals surface area contributed by atoms with E-state index in [4.69, 9.17) is 11.6 Å². The summed E-state index contributed by atoms with van der Waals surface area (Å²) < 4.78 is 0. The highest BCUT2D eigenvalue weighted by Gasteiger charge is 2.08. The van der Waals surface area contributed by atoms with Crippen molar-refractivity contribution in [3.05, 3.63) is 56.5 Å². The van der Waals surface area contributed by atoms with E-state index in [1.807, 2.05) is 13.1 Å². The average Bonchev–Trinajstić information content (AvgIpc) is 2.36. The van der Waals surface area contributed by atoms with E-state index in [0.717, 1.165) is 29.7 Å². The topological polar surface area (TPSA) is 58.6 Å². The first-order valence-corrected chi connectivity index (χ1v) is 6.66. The van der Waals surface area contributed by atoms with Gasteiger partial charge in [-0.15, -0.1) is 0 Å². The summed E-state index contributed by atoms with van der Waals surface area (Å²) >= 11 is 6.18. The Bertz CT molecular complexity index is 637. The van der Waals surface area contributed by atoms with Crippen molar-refractivity contribution in [2.75, 3.05) is 0 Å². The molecular weight excluding hydrogens is 262 g/mol. The number of halogens is 1. The van der Waals surface area contributed by atoms with Crippen LogP contribution in [0.1, 0.15) is 29.6 Å². The molecule has 0 bridgehead atoms. The number of pyridine rings is 1. The van der Waals surface area contributed by atoms with Crippen LogP contribution in [0.5, 0.6) is 0 Å². The number of hydrogen-bond donors (Lipinski definition) is 1. The van der Waals surface area contributed by atoms with Crippen molar-refractivity contribution in [1.29, 1.82) is 0 Å². The quantitative estimate of drug-likeness (QED) is 0.934. The van der Waals surface area contributed by atoms with Gasteiger partial charge in [0.05, 0.1) is 5.02 Å². The van der Waals surface area contributed by atoms with Gasteiger partial charge in [0.25, 0.3) is 5.56 Å². The van der Waals surface area contributed by atoms with Gasteiger partial charge in [-0.2, -0.15) is 0 Å². The molecule has 0 spiro atoms. The fourth-order valence-corrected chi connectivity index (χ4v) is 2.36. The fraction of sp³-hybridized carbons (Fsp3) is 0.357. The third-order valence-corrected chi connectivity index (χ3v) is 3.33. The number of aryl methyl sites for hydroxylation is 3. The Morgan fingerprint density at radius 1 is 1.32 bits per heavy atom. The average molecular weight is 278 g/mol. The molecule has 0 aromatic carbocycles. The third-order valence-electron chi connectivity index (χ3n) is 3.01. The van der Waals surface area contributed by atoms with Crippen molar-refractivity contribution in [3.63, 3.8) is 0 Å². The molecule has 0 fully saturated rings. The van der Waals surface area contributed by atoms with Crippen LogP contribution in [0.25, 0.3) is 0 Å². The molecule has 1 N–H and O–H groups in total. The Labute approximate surface area is 116 Å². The number of H-pyrrole nitrogens is 1. The lowest BCUT2D eigenvalue weighted by atomic mass is 10.0. The molecule has 2 aromatic heterocycles. The molecule has 2 aromatic rings. The van der Waals surface area contributed by atoms with Crippen LogP contribution in [-0.4, -0.2) is 15.0 Å². The SMILES string of the molecule is CCc1cncc(Cl)c1CCc1nc(C)cc(=O)[nH]1. The minimum atomic E-state index is -0.112. The van der Waals surface area contributed by atoms with Gasteiger partial charge in [-0.25, -0.2) is 4.98 Å². The molecule has 2 rings (SSSR count). The van der Waals surface area contributed by atoms with Crippen LogP contribution in [0.4, 0.5) is 0 Å². The Morgan fingerprint density at radius 2 is 2.11 bits per heavy atom. The van der Waals surface area contributed by atoms with Crippen LogP contribution in [0.2, 0.25) is 5.02 Å². The van der Waals surface area contributed by atoms with E-state index in [1.54, 1.807) is 6.20 Å². The molecule has 0 saturated carbocycles. The number of aromatic amines is 1. The van der Waals surface area contributed by atoms with Gasteiger partial charge >= 0.3 is 0 Å². The molecule has 0 aliphatic carbocycles. The highest BCUT2D eigenvalue weighted by atomic mass is 35.5. The van der Waals surface area contributed by atoms with Crippen LogP contribution in [0, 0.1) is 6.92 Å². The summed E-state index contributed by atoms with van der Waals surface area (Å²) in [6.07, 6.45) is 5.79. The summed E-state index contributed by atoms with van der Waals surface area (Å²) in [5.41, 5.74) is 2.85. The van der Waals surface area contributed by atoms with Crippen molar-refractivity contribution >= 4 is 11.6 Å². The maximum absolute atomic E-state index is 11.4. The van der Waals surface area contributed by atoms with E-state index in [0.29, 0.717) is 17.3 Å². The van der Waals surface area contributed by atoms with Gasteiger partial charge in [-0.3, -0.25) is 9.78 Å². The molecular formula is C14H16ClN3O. The molecule has 0 saturated heterocycles. The van der Waals surface area contributed by atoms with Crippen LogP contribution in [0.15, 0.2) is 23.3 Å². The molecule has 0 aliphatic heterocycles. The van der Waals surface area contributed by atoms with Gasteiger partial charge in [0, 0.05) is 30.6 Å². The van der Waals surface area contributed by atoms with Crippen LogP contribution in [-0.2, 0) is 19.3 Å². The second kappa shape index (κ2) is 5.97. The molecule has 100 valence electrons. The molecule has 4 nitrogen and oxygen atoms in total. The summed E-state index contributed by atoms with van der Waals surface area (Å²) in [6.45, 7) is 3.89. The Balaban J connectivity index is 2.21. The smallest absolute Gasteiger partial charge is 0.251 e. The molecule has 0 unspecified atom stereocenters.